The number of hydrogen-bond acceptors (Lipinski definition) is 1. The van der Waals surface area contributed by atoms with Gasteiger partial charge < -0.3 is 4.74 Å². The highest BCUT2D eigenvalue weighted by molar-refractivity contribution is 9.10. The third-order valence-corrected chi connectivity index (χ3v) is 10.9. The van der Waals surface area contributed by atoms with Gasteiger partial charge in [-0.1, -0.05) is 501 Å². The van der Waals surface area contributed by atoms with Crippen LogP contribution < -0.4 is 4.74 Å². The van der Waals surface area contributed by atoms with Gasteiger partial charge >= 0.3 is 6.18 Å². The van der Waals surface area contributed by atoms with Gasteiger partial charge in [-0.05, 0) is 149 Å². The first-order valence-electron chi connectivity index (χ1n) is 45.2. The zero-order chi connectivity index (χ0) is 102. The highest BCUT2D eigenvalue weighted by Crippen LogP contribution is 2.28. The first kappa shape index (κ1) is 162. The van der Waals surface area contributed by atoms with Crippen LogP contribution in [0.15, 0.2) is 308 Å². The van der Waals surface area contributed by atoms with Gasteiger partial charge in [0.2, 0.25) is 0 Å². The lowest BCUT2D eigenvalue weighted by Gasteiger charge is -2.03. The molecule has 0 radical (unpaired) electrons. The molecule has 13 heteroatoms. The van der Waals surface area contributed by atoms with Crippen LogP contribution in [0.2, 0.25) is 5.02 Å². The van der Waals surface area contributed by atoms with E-state index < -0.39 is 35.0 Å². The Morgan fingerprint density at radius 2 is 0.444 bits per heavy atom. The van der Waals surface area contributed by atoms with E-state index in [9.17, 15) is 43.9 Å². The molecule has 0 unspecified atom stereocenters. The van der Waals surface area contributed by atoms with Crippen molar-refractivity contribution in [3.63, 3.8) is 0 Å². The summed E-state index contributed by atoms with van der Waals surface area (Å²) in [6.45, 7) is 85.9. The largest absolute Gasteiger partial charge is 0.497 e. The lowest BCUT2D eigenvalue weighted by atomic mass is 10.2. The number of aryl methyl sites for hydroxylation is 5. The van der Waals surface area contributed by atoms with Crippen LogP contribution in [-0.4, -0.2) is 7.11 Å². The van der Waals surface area contributed by atoms with E-state index >= 15 is 0 Å². The Morgan fingerprint density at radius 3 is 0.605 bits per heavy atom. The first-order valence-corrected chi connectivity index (χ1v) is 46.4. The smallest absolute Gasteiger partial charge is 0.416 e. The Kier molecular flexibility index (Phi) is 207. The molecule has 0 atom stereocenters. The van der Waals surface area contributed by atoms with E-state index in [-0.39, 0.29) is 17.5 Å². The van der Waals surface area contributed by atoms with Crippen molar-refractivity contribution in [3.05, 3.63) is 387 Å². The third kappa shape index (κ3) is 148. The SMILES string of the molecule is Brc1ccccc1.CC.CC.CC.CC.CC.CC.CC.CC.CC.CC.CC.CC.CC.CC.CC.CC.CC.CC.CC.COc1ccccc1.Cc1ccc(C)cc1.Cc1cccc(F)c1.Cc1ccccc1.Cc1ccccc1F.Clc1ccccc1.FC(F)(F)c1ccccc1.Fc1ccc(F)cc1.Fc1cccc(F)c1.Fc1ccccc1. The second kappa shape index (κ2) is 158. The van der Waals surface area contributed by atoms with Crippen LogP contribution in [0.25, 0.3) is 0 Å². The standard InChI is InChI=1S/C8H10.C7H5F3.2C7H7F.C7H8O.C7H8.C6H5Br.C6H5Cl.2C6H4F2.C6H5F.19C2H6/c1-7-3-5-8(2)6-4-7;8-7(9,10)6-4-2-1-3-5-6;1-6-3-2-4-7(8)5-6;1-6-4-2-3-5-7(6)8;1-8-7-5-3-2-4-6-7;1-7-5-3-2-4-6-7;2*7-6-4-2-1-3-5-6;7-5-1-2-6(8)4-3-5;7-5-2-1-3-6(8)4-5;7-6-4-2-1-3-5-6;19*1-2/h3-6H,1-2H3;1-5H;2*2-5H,1H3;2-6H,1H3;2-6H,1H3;2*1-5H;2*1-4H;1-5H;19*1-2H3. The van der Waals surface area contributed by atoms with Gasteiger partial charge in [0.25, 0.3) is 0 Å². The topological polar surface area (TPSA) is 9.23 Å². The third-order valence-electron chi connectivity index (χ3n) is 10.1. The summed E-state index contributed by atoms with van der Waals surface area (Å²) >= 11 is 8.85. The number of benzene rings is 11. The maximum Gasteiger partial charge on any atom is 0.416 e. The highest BCUT2D eigenvalue weighted by Gasteiger charge is 2.29. The van der Waals surface area contributed by atoms with Crippen molar-refractivity contribution in [1.29, 1.82) is 0 Å². The molecule has 1 nitrogen and oxygen atoms in total. The molecular weight excluding hydrogens is 1650 g/mol. The van der Waals surface area contributed by atoms with Crippen molar-refractivity contribution in [2.45, 2.75) is 304 Å². The molecule has 0 bridgehead atoms. The van der Waals surface area contributed by atoms with Crippen molar-refractivity contribution in [2.75, 3.05) is 7.11 Å². The Balaban J connectivity index is -0.0000000554. The molecule has 0 spiro atoms. The maximum atomic E-state index is 12.3. The summed E-state index contributed by atoms with van der Waals surface area (Å²) in [6, 6.07) is 84.2. The Hall–Kier alpha value is -8.71. The number of alkyl halides is 3. The zero-order valence-electron chi connectivity index (χ0n) is 86.3. The molecule has 0 saturated heterocycles. The normalized spacial score (nSPS) is 7.35. The van der Waals surface area contributed by atoms with Crippen LogP contribution in [0.1, 0.15) is 296 Å². The van der Waals surface area contributed by atoms with Gasteiger partial charge in [-0.2, -0.15) is 13.2 Å². The Bertz CT molecular complexity index is 3020. The summed E-state index contributed by atoms with van der Waals surface area (Å²) in [7, 11) is 1.66. The first-order chi connectivity index (χ1) is 60.1. The number of methoxy groups -OCH3 is 1. The second-order valence-electron chi connectivity index (χ2n) is 17.5. The summed E-state index contributed by atoms with van der Waals surface area (Å²) in [5.41, 5.74) is 5.04. The van der Waals surface area contributed by atoms with E-state index in [1.54, 1.807) is 56.5 Å². The summed E-state index contributed by atoms with van der Waals surface area (Å²) in [6.07, 6.45) is -4.21. The molecule has 0 aliphatic rings. The number of halogens is 12. The van der Waals surface area contributed by atoms with Crippen molar-refractivity contribution in [1.82, 2.24) is 0 Å². The minimum Gasteiger partial charge on any atom is -0.497 e. The quantitative estimate of drug-likeness (QED) is 0.149. The predicted molar refractivity (Wildman–Crippen MR) is 554 cm³/mol. The molecule has 11 rings (SSSR count). The second-order valence-corrected chi connectivity index (χ2v) is 18.9. The van der Waals surface area contributed by atoms with Crippen molar-refractivity contribution in [2.24, 2.45) is 0 Å². The summed E-state index contributed by atoms with van der Waals surface area (Å²) in [4.78, 5) is 0. The lowest BCUT2D eigenvalue weighted by Crippen LogP contribution is -2.03. The molecule has 0 aliphatic carbocycles. The molecule has 0 fully saturated rings. The summed E-state index contributed by atoms with van der Waals surface area (Å²) < 4.78 is 125. The Labute approximate surface area is 775 Å². The van der Waals surface area contributed by atoms with Gasteiger partial charge in [0, 0.05) is 15.6 Å². The van der Waals surface area contributed by atoms with Crippen LogP contribution in [0, 0.1) is 75.3 Å². The van der Waals surface area contributed by atoms with E-state index in [0.29, 0.717) is 5.56 Å². The van der Waals surface area contributed by atoms with Crippen molar-refractivity contribution in [3.8, 4) is 5.75 Å². The molecular formula is C111H182BrClF10O. The molecule has 124 heavy (non-hydrogen) atoms. The fourth-order valence-electron chi connectivity index (χ4n) is 5.64. The number of para-hydroxylation sites is 1. The predicted octanol–water partition coefficient (Wildman–Crippen LogP) is 43.0. The van der Waals surface area contributed by atoms with E-state index in [2.05, 4.69) is 73.1 Å². The fraction of sp³-hybridized carbons (Fsp3) is 0.405. The Morgan fingerprint density at radius 1 is 0.226 bits per heavy atom. The van der Waals surface area contributed by atoms with Gasteiger partial charge in [-0.3, -0.25) is 0 Å². The molecule has 716 valence electrons. The average Bonchev–Trinajstić information content (AvgIpc) is 0.878. The van der Waals surface area contributed by atoms with Gasteiger partial charge in [0.05, 0.1) is 12.7 Å². The molecule has 0 heterocycles. The lowest BCUT2D eigenvalue weighted by molar-refractivity contribution is -0.137. The average molecular weight is 1840 g/mol. The summed E-state index contributed by atoms with van der Waals surface area (Å²) in [5.74, 6) is -1.46. The van der Waals surface area contributed by atoms with Crippen LogP contribution >= 0.6 is 27.5 Å². The van der Waals surface area contributed by atoms with E-state index in [1.165, 1.54) is 77.4 Å². The molecule has 11 aromatic carbocycles. The molecule has 0 N–H and O–H groups in total. The van der Waals surface area contributed by atoms with E-state index in [1.807, 2.05) is 391 Å². The molecule has 11 aromatic rings. The minimum absolute atomic E-state index is 0.132. The van der Waals surface area contributed by atoms with Crippen LogP contribution in [0.5, 0.6) is 5.75 Å². The minimum atomic E-state index is -4.21. The van der Waals surface area contributed by atoms with Crippen LogP contribution in [0.3, 0.4) is 0 Å². The number of rotatable bonds is 1. The monoisotopic (exact) mass is 1840 g/mol. The number of ether oxygens (including phenoxy) is 1. The molecule has 0 saturated carbocycles. The van der Waals surface area contributed by atoms with Gasteiger partial charge in [0.1, 0.15) is 46.5 Å². The van der Waals surface area contributed by atoms with Crippen LogP contribution in [0.4, 0.5) is 43.9 Å². The molecule has 0 aromatic heterocycles. The van der Waals surface area contributed by atoms with Crippen LogP contribution in [-0.2, 0) is 6.18 Å². The van der Waals surface area contributed by atoms with Gasteiger partial charge in [-0.25, -0.2) is 30.7 Å². The van der Waals surface area contributed by atoms with E-state index in [4.69, 9.17) is 16.3 Å². The van der Waals surface area contributed by atoms with E-state index in [0.717, 1.165) is 63.3 Å². The molecule has 0 amide bonds. The summed E-state index contributed by atoms with van der Waals surface area (Å²) in [5, 5.41) is 0.794. The molecule has 0 aliphatic heterocycles. The van der Waals surface area contributed by atoms with Crippen molar-refractivity contribution < 1.29 is 48.6 Å². The highest BCUT2D eigenvalue weighted by atomic mass is 79.9. The van der Waals surface area contributed by atoms with Gasteiger partial charge in [-0.15, -0.1) is 0 Å². The maximum absolute atomic E-state index is 12.3. The number of hydrogen-bond donors (Lipinski definition) is 0. The fourth-order valence-corrected chi connectivity index (χ4v) is 6.10. The van der Waals surface area contributed by atoms with Gasteiger partial charge in [0.15, 0.2) is 0 Å². The van der Waals surface area contributed by atoms with Crippen molar-refractivity contribution >= 4 is 27.5 Å². The zero-order valence-corrected chi connectivity index (χ0v) is 88.7.